The maximum Gasteiger partial charge on any atom is 0.153 e. The lowest BCUT2D eigenvalue weighted by Gasteiger charge is -2.06. The fourth-order valence-electron chi connectivity index (χ4n) is 1.42. The molecule has 0 amide bonds. The maximum absolute atomic E-state index is 11.5. The molecular formula is C13H18N2O3S. The lowest BCUT2D eigenvalue weighted by Crippen LogP contribution is -2.16. The third-order valence-electron chi connectivity index (χ3n) is 2.23. The summed E-state index contributed by atoms with van der Waals surface area (Å²) in [5.74, 6) is 6.27. The average Bonchev–Trinajstić information content (AvgIpc) is 2.36. The van der Waals surface area contributed by atoms with Gasteiger partial charge in [0.25, 0.3) is 0 Å². The smallest absolute Gasteiger partial charge is 0.153 e. The molecule has 2 N–H and O–H groups in total. The van der Waals surface area contributed by atoms with Crippen molar-refractivity contribution in [2.24, 2.45) is 5.73 Å². The fraction of sp³-hybridized carbons (Fsp3) is 0.462. The summed E-state index contributed by atoms with van der Waals surface area (Å²) in [7, 11) is -3.02. The van der Waals surface area contributed by atoms with E-state index in [0.29, 0.717) is 17.7 Å². The van der Waals surface area contributed by atoms with Crippen LogP contribution in [0.2, 0.25) is 0 Å². The van der Waals surface area contributed by atoms with Gasteiger partial charge in [-0.1, -0.05) is 18.8 Å². The van der Waals surface area contributed by atoms with E-state index in [2.05, 4.69) is 16.8 Å². The van der Waals surface area contributed by atoms with Crippen LogP contribution < -0.4 is 10.5 Å². The first-order valence-electron chi connectivity index (χ1n) is 6.04. The molecule has 0 spiro atoms. The second kappa shape index (κ2) is 7.77. The fourth-order valence-corrected chi connectivity index (χ4v) is 2.58. The molecule has 1 aromatic rings. The van der Waals surface area contributed by atoms with E-state index >= 15 is 0 Å². The van der Waals surface area contributed by atoms with E-state index in [1.165, 1.54) is 6.20 Å². The van der Waals surface area contributed by atoms with Gasteiger partial charge >= 0.3 is 0 Å². The van der Waals surface area contributed by atoms with E-state index < -0.39 is 9.84 Å². The van der Waals surface area contributed by atoms with Gasteiger partial charge < -0.3 is 10.5 Å². The molecule has 104 valence electrons. The summed E-state index contributed by atoms with van der Waals surface area (Å²) in [4.78, 5) is 3.97. The Labute approximate surface area is 114 Å². The largest absolute Gasteiger partial charge is 0.491 e. The Balaban J connectivity index is 2.54. The van der Waals surface area contributed by atoms with Gasteiger partial charge in [0.05, 0.1) is 24.2 Å². The summed E-state index contributed by atoms with van der Waals surface area (Å²) in [5, 5.41) is 0. The minimum Gasteiger partial charge on any atom is -0.491 e. The van der Waals surface area contributed by atoms with Crippen LogP contribution in [0, 0.1) is 11.8 Å². The predicted molar refractivity (Wildman–Crippen MR) is 74.6 cm³/mol. The molecule has 0 saturated carbocycles. The minimum atomic E-state index is -3.02. The molecule has 0 radical (unpaired) electrons. The van der Waals surface area contributed by atoms with Gasteiger partial charge in [-0.05, 0) is 12.5 Å². The van der Waals surface area contributed by atoms with Crippen LogP contribution in [0.5, 0.6) is 5.75 Å². The number of hydrogen-bond acceptors (Lipinski definition) is 5. The number of ether oxygens (including phenoxy) is 1. The molecule has 0 aliphatic carbocycles. The lowest BCUT2D eigenvalue weighted by atomic mass is 10.3. The molecule has 0 fully saturated rings. The van der Waals surface area contributed by atoms with Gasteiger partial charge in [0.1, 0.15) is 12.4 Å². The Morgan fingerprint density at radius 3 is 2.84 bits per heavy atom. The van der Waals surface area contributed by atoms with Crippen molar-refractivity contribution in [1.82, 2.24) is 4.98 Å². The molecule has 5 nitrogen and oxygen atoms in total. The lowest BCUT2D eigenvalue weighted by molar-refractivity contribution is 0.339. The molecule has 0 saturated heterocycles. The third-order valence-corrected chi connectivity index (χ3v) is 4.05. The van der Waals surface area contributed by atoms with Gasteiger partial charge in [0, 0.05) is 11.8 Å². The first-order valence-corrected chi connectivity index (χ1v) is 7.86. The second-order valence-corrected chi connectivity index (χ2v) is 6.22. The van der Waals surface area contributed by atoms with E-state index in [9.17, 15) is 8.42 Å². The van der Waals surface area contributed by atoms with Gasteiger partial charge in [-0.2, -0.15) is 0 Å². The summed E-state index contributed by atoms with van der Waals surface area (Å²) < 4.78 is 28.4. The molecule has 0 bridgehead atoms. The average molecular weight is 282 g/mol. The van der Waals surface area contributed by atoms with E-state index in [1.807, 2.05) is 6.92 Å². The molecule has 0 aliphatic heterocycles. The molecule has 0 aromatic carbocycles. The van der Waals surface area contributed by atoms with Gasteiger partial charge in [-0.25, -0.2) is 8.42 Å². The summed E-state index contributed by atoms with van der Waals surface area (Å²) in [5.41, 5.74) is 5.97. The van der Waals surface area contributed by atoms with Gasteiger partial charge in [0.15, 0.2) is 9.84 Å². The van der Waals surface area contributed by atoms with Gasteiger partial charge in [0.2, 0.25) is 0 Å². The minimum absolute atomic E-state index is 0.0134. The first kappa shape index (κ1) is 15.5. The zero-order valence-electron chi connectivity index (χ0n) is 10.9. The molecule has 0 atom stereocenters. The molecular weight excluding hydrogens is 264 g/mol. The number of pyridine rings is 1. The van der Waals surface area contributed by atoms with Crippen molar-refractivity contribution in [1.29, 1.82) is 0 Å². The van der Waals surface area contributed by atoms with Gasteiger partial charge in [-0.3, -0.25) is 4.98 Å². The van der Waals surface area contributed by atoms with E-state index in [0.717, 1.165) is 0 Å². The highest BCUT2D eigenvalue weighted by molar-refractivity contribution is 7.91. The molecule has 6 heteroatoms. The predicted octanol–water partition coefficient (Wildman–Crippen LogP) is 0.595. The number of sulfone groups is 1. The zero-order valence-corrected chi connectivity index (χ0v) is 11.7. The number of rotatable bonds is 6. The third kappa shape index (κ3) is 6.22. The van der Waals surface area contributed by atoms with Crippen LogP contribution in [0.15, 0.2) is 18.5 Å². The highest BCUT2D eigenvalue weighted by Crippen LogP contribution is 2.10. The number of hydrogen-bond donors (Lipinski definition) is 1. The Morgan fingerprint density at radius 2 is 2.16 bits per heavy atom. The SMILES string of the molecule is CCCS(=O)(=O)CCOc1cncc(C#CCN)c1. The van der Waals surface area contributed by atoms with Crippen molar-refractivity contribution in [2.75, 3.05) is 24.7 Å². The van der Waals surface area contributed by atoms with Crippen molar-refractivity contribution >= 4 is 9.84 Å². The second-order valence-electron chi connectivity index (χ2n) is 3.92. The quantitative estimate of drug-likeness (QED) is 0.772. The molecule has 1 heterocycles. The van der Waals surface area contributed by atoms with Crippen LogP contribution in [0.4, 0.5) is 0 Å². The molecule has 0 aliphatic rings. The van der Waals surface area contributed by atoms with Crippen LogP contribution >= 0.6 is 0 Å². The molecule has 19 heavy (non-hydrogen) atoms. The van der Waals surface area contributed by atoms with Crippen molar-refractivity contribution in [3.05, 3.63) is 24.0 Å². The standard InChI is InChI=1S/C13H18N2O3S/c1-2-7-19(16,17)8-6-18-13-9-12(4-3-5-14)10-15-11-13/h9-11H,2,5-8,14H2,1H3. The first-order chi connectivity index (χ1) is 9.07. The number of aromatic nitrogens is 1. The summed E-state index contributed by atoms with van der Waals surface area (Å²) in [6, 6.07) is 1.71. The molecule has 1 aromatic heterocycles. The zero-order chi connectivity index (χ0) is 14.1. The van der Waals surface area contributed by atoms with Crippen molar-refractivity contribution in [3.63, 3.8) is 0 Å². The van der Waals surface area contributed by atoms with Crippen LogP contribution in [0.1, 0.15) is 18.9 Å². The molecule has 0 unspecified atom stereocenters. The monoisotopic (exact) mass is 282 g/mol. The number of nitrogens with zero attached hydrogens (tertiary/aromatic N) is 1. The normalized spacial score (nSPS) is 10.6. The number of nitrogens with two attached hydrogens (primary N) is 1. The van der Waals surface area contributed by atoms with E-state index in [1.54, 1.807) is 12.3 Å². The Bertz CT molecular complexity index is 559. The highest BCUT2D eigenvalue weighted by Gasteiger charge is 2.09. The van der Waals surface area contributed by atoms with Crippen molar-refractivity contribution in [2.45, 2.75) is 13.3 Å². The Kier molecular flexibility index (Phi) is 6.33. The Morgan fingerprint density at radius 1 is 1.37 bits per heavy atom. The maximum atomic E-state index is 11.5. The summed E-state index contributed by atoms with van der Waals surface area (Å²) in [6.07, 6.45) is 3.75. The summed E-state index contributed by atoms with van der Waals surface area (Å²) in [6.45, 7) is 2.24. The molecule has 1 rings (SSSR count). The van der Waals surface area contributed by atoms with Crippen LogP contribution in [0.3, 0.4) is 0 Å². The van der Waals surface area contributed by atoms with Crippen LogP contribution in [-0.2, 0) is 9.84 Å². The van der Waals surface area contributed by atoms with Gasteiger partial charge in [-0.15, -0.1) is 0 Å². The highest BCUT2D eigenvalue weighted by atomic mass is 32.2. The van der Waals surface area contributed by atoms with Crippen LogP contribution in [-0.4, -0.2) is 38.1 Å². The van der Waals surface area contributed by atoms with E-state index in [-0.39, 0.29) is 24.7 Å². The van der Waals surface area contributed by atoms with Crippen molar-refractivity contribution in [3.8, 4) is 17.6 Å². The topological polar surface area (TPSA) is 82.3 Å². The summed E-state index contributed by atoms with van der Waals surface area (Å²) >= 11 is 0. The Hall–Kier alpha value is -1.58. The van der Waals surface area contributed by atoms with Crippen LogP contribution in [0.25, 0.3) is 0 Å². The van der Waals surface area contributed by atoms with E-state index in [4.69, 9.17) is 10.5 Å². The van der Waals surface area contributed by atoms with Crippen molar-refractivity contribution < 1.29 is 13.2 Å².